The van der Waals surface area contributed by atoms with Gasteiger partial charge in [-0.15, -0.1) is 0 Å². The first-order valence-corrected chi connectivity index (χ1v) is 13.1. The summed E-state index contributed by atoms with van der Waals surface area (Å²) in [6.07, 6.45) is 0.372. The molecule has 0 aliphatic carbocycles. The molecule has 0 spiro atoms. The van der Waals surface area contributed by atoms with Gasteiger partial charge in [0.15, 0.2) is 0 Å². The molecule has 202 valence electrons. The van der Waals surface area contributed by atoms with E-state index in [1.165, 1.54) is 17.7 Å². The molecule has 0 aromatic heterocycles. The number of carbonyl (C=O) groups is 2. The Balaban J connectivity index is 1.44. The van der Waals surface area contributed by atoms with E-state index in [2.05, 4.69) is 34.7 Å². The van der Waals surface area contributed by atoms with Gasteiger partial charge in [-0.2, -0.15) is 0 Å². The summed E-state index contributed by atoms with van der Waals surface area (Å²) >= 11 is 0. The summed E-state index contributed by atoms with van der Waals surface area (Å²) in [5, 5.41) is 15.3. The van der Waals surface area contributed by atoms with Crippen LogP contribution in [0.4, 0.5) is 15.8 Å². The number of carboxylic acids is 1. The second-order valence-electron chi connectivity index (χ2n) is 9.97. The van der Waals surface area contributed by atoms with Gasteiger partial charge in [0, 0.05) is 30.8 Å². The first kappa shape index (κ1) is 26.8. The third kappa shape index (κ3) is 6.45. The van der Waals surface area contributed by atoms with Gasteiger partial charge >= 0.3 is 5.97 Å². The number of carbonyl (C=O) groups excluding carboxylic acids is 1. The molecule has 0 unspecified atom stereocenters. The Bertz CT molecular complexity index is 1570. The Morgan fingerprint density at radius 1 is 0.875 bits per heavy atom. The molecular weight excluding hydrogens is 505 g/mol. The minimum Gasteiger partial charge on any atom is -0.481 e. The Morgan fingerprint density at radius 2 is 1.57 bits per heavy atom. The number of hydrogen-bond acceptors (Lipinski definition) is 4. The van der Waals surface area contributed by atoms with E-state index in [9.17, 15) is 14.0 Å². The number of anilines is 2. The fourth-order valence-corrected chi connectivity index (χ4v) is 4.91. The van der Waals surface area contributed by atoms with Crippen molar-refractivity contribution >= 4 is 34.5 Å². The molecule has 0 atom stereocenters. The van der Waals surface area contributed by atoms with Crippen molar-refractivity contribution in [3.8, 4) is 0 Å². The molecule has 6 nitrogen and oxygen atoms in total. The van der Waals surface area contributed by atoms with Gasteiger partial charge < -0.3 is 15.7 Å². The molecule has 1 aliphatic rings. The summed E-state index contributed by atoms with van der Waals surface area (Å²) in [6.45, 7) is 1.61. The third-order valence-corrected chi connectivity index (χ3v) is 6.79. The highest BCUT2D eigenvalue weighted by molar-refractivity contribution is 6.37. The molecule has 0 saturated carbocycles. The number of halogens is 1. The lowest BCUT2D eigenvalue weighted by molar-refractivity contribution is -0.137. The predicted molar refractivity (Wildman–Crippen MR) is 156 cm³/mol. The smallest absolute Gasteiger partial charge is 0.303 e. The zero-order chi connectivity index (χ0) is 28.1. The van der Waals surface area contributed by atoms with E-state index in [4.69, 9.17) is 5.11 Å². The van der Waals surface area contributed by atoms with Gasteiger partial charge in [0.2, 0.25) is 0 Å². The van der Waals surface area contributed by atoms with Crippen LogP contribution >= 0.6 is 0 Å². The number of nitrogens with zero attached hydrogens (tertiary/aromatic N) is 1. The average Bonchev–Trinajstić information content (AvgIpc) is 3.26. The van der Waals surface area contributed by atoms with Crippen molar-refractivity contribution in [1.29, 1.82) is 0 Å². The van der Waals surface area contributed by atoms with Crippen LogP contribution in [0.25, 0.3) is 11.3 Å². The van der Waals surface area contributed by atoms with Crippen LogP contribution in [-0.4, -0.2) is 28.9 Å². The van der Waals surface area contributed by atoms with Crippen LogP contribution in [0.1, 0.15) is 34.2 Å². The van der Waals surface area contributed by atoms with Crippen LogP contribution in [0, 0.1) is 5.82 Å². The van der Waals surface area contributed by atoms with E-state index in [0.717, 1.165) is 35.5 Å². The second-order valence-corrected chi connectivity index (χ2v) is 9.97. The summed E-state index contributed by atoms with van der Waals surface area (Å²) in [7, 11) is 2.08. The highest BCUT2D eigenvalue weighted by atomic mass is 19.1. The molecule has 1 amide bonds. The number of carboxylic acid groups (broad SMARTS) is 1. The van der Waals surface area contributed by atoms with Crippen molar-refractivity contribution in [3.63, 3.8) is 0 Å². The Labute approximate surface area is 232 Å². The lowest BCUT2D eigenvalue weighted by atomic mass is 9.97. The molecule has 0 bridgehead atoms. The summed E-state index contributed by atoms with van der Waals surface area (Å²) in [5.41, 5.74) is 6.74. The Kier molecular flexibility index (Phi) is 8.03. The number of amides is 1. The first-order valence-electron chi connectivity index (χ1n) is 13.1. The minimum atomic E-state index is -0.872. The van der Waals surface area contributed by atoms with E-state index < -0.39 is 11.8 Å². The van der Waals surface area contributed by atoms with Gasteiger partial charge in [-0.05, 0) is 72.1 Å². The van der Waals surface area contributed by atoms with Gasteiger partial charge in [-0.25, -0.2) is 4.39 Å². The van der Waals surface area contributed by atoms with Crippen LogP contribution in [-0.2, 0) is 29.1 Å². The number of nitrogens with one attached hydrogen (secondary N) is 2. The van der Waals surface area contributed by atoms with E-state index in [1.54, 1.807) is 6.07 Å². The Hall–Kier alpha value is -4.75. The molecule has 40 heavy (non-hydrogen) atoms. The molecule has 0 radical (unpaired) electrons. The molecule has 1 aliphatic heterocycles. The zero-order valence-electron chi connectivity index (χ0n) is 22.2. The normalized spacial score (nSPS) is 13.6. The molecule has 0 fully saturated rings. The van der Waals surface area contributed by atoms with Crippen LogP contribution in [0.3, 0.4) is 0 Å². The molecule has 4 aromatic rings. The number of aliphatic carboxylic acids is 1. The molecule has 1 heterocycles. The highest BCUT2D eigenvalue weighted by Crippen LogP contribution is 2.38. The lowest BCUT2D eigenvalue weighted by Gasteiger charge is -2.18. The van der Waals surface area contributed by atoms with Crippen molar-refractivity contribution in [2.45, 2.75) is 25.9 Å². The van der Waals surface area contributed by atoms with Gasteiger partial charge in [-0.3, -0.25) is 14.5 Å². The molecular formula is C33H30FN3O3. The quantitative estimate of drug-likeness (QED) is 0.205. The fourth-order valence-electron chi connectivity index (χ4n) is 4.91. The predicted octanol–water partition coefficient (Wildman–Crippen LogP) is 6.41. The van der Waals surface area contributed by atoms with Crippen molar-refractivity contribution < 1.29 is 19.1 Å². The van der Waals surface area contributed by atoms with Crippen LogP contribution in [0.5, 0.6) is 0 Å². The van der Waals surface area contributed by atoms with Crippen molar-refractivity contribution in [2.75, 3.05) is 17.7 Å². The molecule has 0 saturated heterocycles. The maximum atomic E-state index is 13.9. The van der Waals surface area contributed by atoms with Gasteiger partial charge in [-0.1, -0.05) is 60.7 Å². The standard InChI is InChI=1S/C33H30FN3O3/c1-37(20-23-6-3-2-4-7-23)21-24-10-14-27(15-11-24)35-32(25-9-5-8-22(18-25)12-17-30(38)39)31-28-16-13-26(34)19-29(28)36-33(31)40/h2-11,13-16,18-19,35H,12,17,20-21H2,1H3,(H,36,40)(H,38,39)/b32-31-. The summed E-state index contributed by atoms with van der Waals surface area (Å²) in [6, 6.07) is 30.1. The maximum Gasteiger partial charge on any atom is 0.303 e. The second kappa shape index (κ2) is 12.0. The number of aryl methyl sites for hydroxylation is 1. The summed E-state index contributed by atoms with van der Waals surface area (Å²) in [4.78, 5) is 26.5. The highest BCUT2D eigenvalue weighted by Gasteiger charge is 2.29. The minimum absolute atomic E-state index is 0.00552. The lowest BCUT2D eigenvalue weighted by Crippen LogP contribution is -2.17. The Morgan fingerprint density at radius 3 is 2.30 bits per heavy atom. The largest absolute Gasteiger partial charge is 0.481 e. The van der Waals surface area contributed by atoms with Crippen LogP contribution in [0.2, 0.25) is 0 Å². The van der Waals surface area contributed by atoms with Crippen molar-refractivity contribution in [2.24, 2.45) is 0 Å². The zero-order valence-corrected chi connectivity index (χ0v) is 22.2. The van der Waals surface area contributed by atoms with Crippen molar-refractivity contribution in [3.05, 3.63) is 131 Å². The van der Waals surface area contributed by atoms with E-state index in [-0.39, 0.29) is 12.3 Å². The number of fused-ring (bicyclic) bond motifs is 1. The van der Waals surface area contributed by atoms with Gasteiger partial charge in [0.1, 0.15) is 5.82 Å². The maximum absolute atomic E-state index is 13.9. The van der Waals surface area contributed by atoms with E-state index >= 15 is 0 Å². The van der Waals surface area contributed by atoms with Gasteiger partial charge in [0.25, 0.3) is 5.91 Å². The molecule has 7 heteroatoms. The van der Waals surface area contributed by atoms with E-state index in [0.29, 0.717) is 28.9 Å². The van der Waals surface area contributed by atoms with Crippen molar-refractivity contribution in [1.82, 2.24) is 4.90 Å². The number of hydrogen-bond donors (Lipinski definition) is 3. The average molecular weight is 536 g/mol. The topological polar surface area (TPSA) is 81.7 Å². The van der Waals surface area contributed by atoms with Crippen LogP contribution in [0.15, 0.2) is 97.1 Å². The summed E-state index contributed by atoms with van der Waals surface area (Å²) < 4.78 is 13.9. The number of benzene rings is 4. The SMILES string of the molecule is CN(Cc1ccccc1)Cc1ccc(N/C(=C2\C(=O)Nc3cc(F)ccc32)c2cccc(CCC(=O)O)c2)cc1. The molecule has 5 rings (SSSR count). The number of rotatable bonds is 10. The third-order valence-electron chi connectivity index (χ3n) is 6.79. The summed E-state index contributed by atoms with van der Waals surface area (Å²) in [5.74, 6) is -1.64. The molecule has 3 N–H and O–H groups in total. The van der Waals surface area contributed by atoms with Gasteiger partial charge in [0.05, 0.1) is 17.0 Å². The molecule has 4 aromatic carbocycles. The van der Waals surface area contributed by atoms with E-state index in [1.807, 2.05) is 66.7 Å². The monoisotopic (exact) mass is 535 g/mol. The fraction of sp³-hybridized carbons (Fsp3) is 0.152. The first-order chi connectivity index (χ1) is 19.4. The van der Waals surface area contributed by atoms with Crippen LogP contribution < -0.4 is 10.6 Å².